The lowest BCUT2D eigenvalue weighted by Crippen LogP contribution is -2.75. The predicted molar refractivity (Wildman–Crippen MR) is 258 cm³/mol. The average molecular weight is 822 g/mol. The molecule has 1 aliphatic rings. The van der Waals surface area contributed by atoms with Crippen LogP contribution in [0.2, 0.25) is 0 Å². The van der Waals surface area contributed by atoms with Crippen LogP contribution in [0.25, 0.3) is 58.8 Å². The Bertz CT molecular complexity index is 4740. The Morgan fingerprint density at radius 1 is 0.508 bits per heavy atom. The minimum absolute atomic E-state index is 0.106. The van der Waals surface area contributed by atoms with Crippen LogP contribution in [-0.4, -0.2) is 12.6 Å². The number of rotatable bonds is 6. The molecule has 11 rings (SSSR count). The van der Waals surface area contributed by atoms with E-state index >= 15 is 0 Å². The fourth-order valence-corrected chi connectivity index (χ4v) is 13.4. The highest BCUT2D eigenvalue weighted by atomic mass is 32.1. The summed E-state index contributed by atoms with van der Waals surface area (Å²) in [6, 6.07) is -20.5. The molecule has 1 aliphatic carbocycles. The van der Waals surface area contributed by atoms with Gasteiger partial charge in [-0.05, 0) is 103 Å². The van der Waals surface area contributed by atoms with Crippen LogP contribution in [0, 0.1) is 0 Å². The van der Waals surface area contributed by atoms with Gasteiger partial charge in [-0.1, -0.05) is 179 Å². The second-order valence-electron chi connectivity index (χ2n) is 15.8. The summed E-state index contributed by atoms with van der Waals surface area (Å²) < 4.78 is 263. The Morgan fingerprint density at radius 3 is 1.88 bits per heavy atom. The molecule has 0 N–H and O–H groups in total. The van der Waals surface area contributed by atoms with Crippen LogP contribution in [0.5, 0.6) is 0 Å². The fraction of sp³-hybridized carbons (Fsp3) is 0.143. The first-order valence-electron chi connectivity index (χ1n) is 32.8. The molecule has 0 saturated heterocycles. The van der Waals surface area contributed by atoms with Crippen LogP contribution in [0.15, 0.2) is 187 Å². The maximum atomic E-state index is 10.7. The van der Waals surface area contributed by atoms with Crippen molar-refractivity contribution >= 4 is 82.1 Å². The highest BCUT2D eigenvalue weighted by Crippen LogP contribution is 2.46. The van der Waals surface area contributed by atoms with E-state index in [9.17, 15) is 19.2 Å². The van der Waals surface area contributed by atoms with Gasteiger partial charge in [-0.25, -0.2) is 0 Å². The zero-order valence-electron chi connectivity index (χ0n) is 60.0. The van der Waals surface area contributed by atoms with Crippen LogP contribution in [-0.2, 0) is 10.8 Å². The number of hydrogen-bond acceptors (Lipinski definition) is 1. The minimum atomic E-state index is -5.81. The number of nitrogens with zero attached hydrogens (tertiary/aromatic N) is 1. The van der Waals surface area contributed by atoms with Gasteiger partial charge < -0.3 is 4.57 Å². The van der Waals surface area contributed by atoms with Crippen molar-refractivity contribution in [2.45, 2.75) is 51.4 Å². The van der Waals surface area contributed by atoms with E-state index in [-0.39, 0.29) is 25.4 Å². The van der Waals surface area contributed by atoms with Crippen molar-refractivity contribution in [3.8, 4) is 16.8 Å². The molecule has 0 radical (unpaired) electrons. The molecule has 0 fully saturated rings. The summed E-state index contributed by atoms with van der Waals surface area (Å²) in [4.78, 5) is 0. The topological polar surface area (TPSA) is 4.93 Å². The van der Waals surface area contributed by atoms with E-state index in [1.54, 1.807) is 12.1 Å². The lowest BCUT2D eigenvalue weighted by molar-refractivity contribution is 0.332. The summed E-state index contributed by atoms with van der Waals surface area (Å²) in [5.41, 5.74) is -3.33. The molecular weight excluding hydrogens is 747 g/mol. The minimum Gasteiger partial charge on any atom is -0.309 e. The zero-order valence-corrected chi connectivity index (χ0v) is 33.8. The van der Waals surface area contributed by atoms with Gasteiger partial charge in [0.2, 0.25) is 0 Å². The molecule has 2 aromatic heterocycles. The maximum Gasteiger partial charge on any atom is 0.179 e. The van der Waals surface area contributed by atoms with Gasteiger partial charge in [0.1, 0.15) is 0 Å². The highest BCUT2D eigenvalue weighted by molar-refractivity contribution is 7.26. The van der Waals surface area contributed by atoms with E-state index in [0.717, 1.165) is 10.1 Å². The van der Waals surface area contributed by atoms with Crippen LogP contribution < -0.4 is 20.7 Å². The number of para-hydroxylation sites is 1. The summed E-state index contributed by atoms with van der Waals surface area (Å²) >= 11 is 0.655. The molecule has 0 aliphatic heterocycles. The molecule has 3 heteroatoms. The molecular formula is C56H47NSSi. The van der Waals surface area contributed by atoms with E-state index in [1.165, 1.54) is 6.07 Å². The molecule has 1 nitrogen and oxygen atoms in total. The number of fused-ring (bicyclic) bond motifs is 7. The quantitative estimate of drug-likeness (QED) is 0.116. The molecule has 0 amide bonds. The molecule has 0 atom stereocenters. The first-order valence-corrected chi connectivity index (χ1v) is 21.6. The monoisotopic (exact) mass is 821 g/mol. The van der Waals surface area contributed by atoms with Crippen molar-refractivity contribution in [2.24, 2.45) is 0 Å². The molecule has 0 unspecified atom stereocenters. The Morgan fingerprint density at radius 2 is 1.12 bits per heavy atom. The van der Waals surface area contributed by atoms with E-state index in [2.05, 4.69) is 0 Å². The van der Waals surface area contributed by atoms with E-state index in [4.69, 9.17) is 19.2 Å². The third kappa shape index (κ3) is 5.55. The molecule has 0 spiro atoms. The van der Waals surface area contributed by atoms with Gasteiger partial charge in [-0.15, -0.1) is 11.3 Å². The molecule has 8 aromatic carbocycles. The first-order chi connectivity index (χ1) is 40.4. The molecule has 10 aromatic rings. The van der Waals surface area contributed by atoms with Crippen molar-refractivity contribution in [3.63, 3.8) is 0 Å². The zero-order chi connectivity index (χ0) is 64.3. The summed E-state index contributed by atoms with van der Waals surface area (Å²) in [6.45, 7) is 7.82. The fourth-order valence-electron chi connectivity index (χ4n) is 8.51. The van der Waals surface area contributed by atoms with Gasteiger partial charge in [-0.3, -0.25) is 0 Å². The van der Waals surface area contributed by atoms with Gasteiger partial charge >= 0.3 is 0 Å². The summed E-state index contributed by atoms with van der Waals surface area (Å²) in [5, 5.41) is -4.05. The average Bonchev–Trinajstić information content (AvgIpc) is 1.63. The van der Waals surface area contributed by atoms with E-state index < -0.39 is 242 Å². The largest absolute Gasteiger partial charge is 0.309 e. The Kier molecular flexibility index (Phi) is 3.97. The van der Waals surface area contributed by atoms with Gasteiger partial charge in [-0.2, -0.15) is 0 Å². The first kappa shape index (κ1) is 17.3. The van der Waals surface area contributed by atoms with Crippen molar-refractivity contribution in [1.82, 2.24) is 4.57 Å². The van der Waals surface area contributed by atoms with Crippen molar-refractivity contribution in [1.29, 1.82) is 0 Å². The molecule has 2 heterocycles. The lowest BCUT2D eigenvalue weighted by Gasteiger charge is -2.43. The van der Waals surface area contributed by atoms with Crippen LogP contribution in [0.3, 0.4) is 0 Å². The number of thiophene rings is 1. The number of benzene rings is 8. The Labute approximate surface area is 391 Å². The van der Waals surface area contributed by atoms with Crippen LogP contribution in [0.4, 0.5) is 0 Å². The molecule has 59 heavy (non-hydrogen) atoms. The molecule has 0 bridgehead atoms. The highest BCUT2D eigenvalue weighted by Gasteiger charge is 2.44. The molecule has 0 saturated carbocycles. The van der Waals surface area contributed by atoms with Gasteiger partial charge in [0.25, 0.3) is 0 Å². The van der Waals surface area contributed by atoms with Gasteiger partial charge in [0.05, 0.1) is 49.4 Å². The van der Waals surface area contributed by atoms with Gasteiger partial charge in [0, 0.05) is 36.6 Å². The SMILES string of the molecule is [2H]c1c([2H])c([2H])c([Si](c2ccc3c(c2)C(C)(C)CCC3(C)C)(c2c([2H])c([2H])c([2H])c([2H])c2[2H])c2c([2H])c([2H])c([2H])c(-n3c4c([2H])c([2H])c([2H])c([2H])c4c4c([2H])c(-c5c([2H])c([2H])c([2H])c6c5sc5c([2H])c([2H])c([2H])c([2H])c56)c([2H])c([2H])c43)c2[2H])c([2H])c1[2H]. The molecule has 286 valence electrons. The maximum absolute atomic E-state index is 10.7. The summed E-state index contributed by atoms with van der Waals surface area (Å²) in [5.74, 6) is 0. The van der Waals surface area contributed by atoms with E-state index in [1.807, 2.05) is 27.7 Å². The summed E-state index contributed by atoms with van der Waals surface area (Å²) in [7, 11) is -5.81. The van der Waals surface area contributed by atoms with Crippen molar-refractivity contribution in [3.05, 3.63) is 199 Å². The third-order valence-corrected chi connectivity index (χ3v) is 16.9. The van der Waals surface area contributed by atoms with Crippen molar-refractivity contribution < 1.29 is 38.4 Å². The third-order valence-electron chi connectivity index (χ3n) is 11.6. The normalized spacial score (nSPS) is 21.6. The second-order valence-corrected chi connectivity index (χ2v) is 20.4. The van der Waals surface area contributed by atoms with Crippen molar-refractivity contribution in [2.75, 3.05) is 0 Å². The Balaban J connectivity index is 1.42. The second kappa shape index (κ2) is 13.5. The lowest BCUT2D eigenvalue weighted by atomic mass is 9.63. The Hall–Kier alpha value is -6.00. The number of hydrogen-bond donors (Lipinski definition) is 0. The van der Waals surface area contributed by atoms with Crippen LogP contribution >= 0.6 is 11.3 Å². The number of aromatic nitrogens is 1. The summed E-state index contributed by atoms with van der Waals surface area (Å²) in [6.07, 6.45) is 1.23. The van der Waals surface area contributed by atoms with Crippen LogP contribution in [0.1, 0.15) is 90.0 Å². The van der Waals surface area contributed by atoms with Gasteiger partial charge in [0.15, 0.2) is 8.07 Å². The predicted octanol–water partition coefficient (Wildman–Crippen LogP) is 12.5. The van der Waals surface area contributed by atoms with E-state index in [0.29, 0.717) is 29.7 Å². The standard InChI is InChI=1S/C56H47NSSi/c1-55(2)33-34-56(3,4)50-37-43(30-31-49(50)55)59(40-18-7-5-8-19-40,41-20-9-6-10-21-41)42-22-15-17-39(36-42)57-51-27-13-11-23-45(51)48-35-38(29-32-52(48)57)44-25-16-26-47-46-24-12-14-28-53(46)58-54(44)47/h5-32,35-37H,33-34H2,1-4H3/i5D,6D,7D,8D,9D,10D,11D,12D,13D,14D,15D,16D,17D,18D,19D,20D,21D,22D,23D,24D,25D,26D,27D,28D,29D,32D,35D,36D. The smallest absolute Gasteiger partial charge is 0.179 e.